The minimum atomic E-state index is -0.0171. The van der Waals surface area contributed by atoms with Gasteiger partial charge in [0.1, 0.15) is 0 Å². The second kappa shape index (κ2) is 7.85. The van der Waals surface area contributed by atoms with Crippen LogP contribution in [0.25, 0.3) is 10.9 Å². The van der Waals surface area contributed by atoms with Gasteiger partial charge in [-0.3, -0.25) is 0 Å². The summed E-state index contributed by atoms with van der Waals surface area (Å²) in [6.45, 7) is 1.53. The van der Waals surface area contributed by atoms with E-state index in [1.54, 1.807) is 0 Å². The van der Waals surface area contributed by atoms with E-state index in [4.69, 9.17) is 9.47 Å². The summed E-state index contributed by atoms with van der Waals surface area (Å²) >= 11 is 0. The topological polar surface area (TPSA) is 34.2 Å². The Labute approximate surface area is 149 Å². The number of hydrogen-bond acceptors (Lipinski definition) is 2. The fraction of sp³-hybridized carbons (Fsp3) is 0.364. The fourth-order valence-corrected chi connectivity index (χ4v) is 3.63. The highest BCUT2D eigenvalue weighted by atomic mass is 16.7. The van der Waals surface area contributed by atoms with Gasteiger partial charge in [-0.2, -0.15) is 0 Å². The molecule has 1 saturated heterocycles. The predicted octanol–water partition coefficient (Wildman–Crippen LogP) is 4.84. The van der Waals surface area contributed by atoms with Crippen molar-refractivity contribution in [3.05, 3.63) is 71.4 Å². The van der Waals surface area contributed by atoms with Gasteiger partial charge in [0.25, 0.3) is 0 Å². The number of ether oxygens (including phenoxy) is 2. The lowest BCUT2D eigenvalue weighted by molar-refractivity contribution is -0.161. The molecule has 25 heavy (non-hydrogen) atoms. The molecule has 0 radical (unpaired) electrons. The van der Waals surface area contributed by atoms with Crippen LogP contribution in [0.3, 0.4) is 0 Å². The monoisotopic (exact) mass is 335 g/mol. The maximum absolute atomic E-state index is 5.97. The Morgan fingerprint density at radius 2 is 1.84 bits per heavy atom. The SMILES string of the molecule is c1ccc(Cc2[nH]c3ccccc3c2CCOC2CCCCO2)cc1. The molecule has 3 heteroatoms. The number of aromatic amines is 1. The molecule has 4 rings (SSSR count). The summed E-state index contributed by atoms with van der Waals surface area (Å²) < 4.78 is 11.7. The largest absolute Gasteiger partial charge is 0.358 e. The van der Waals surface area contributed by atoms with Gasteiger partial charge in [0.05, 0.1) is 6.61 Å². The standard InChI is InChI=1S/C22H25NO2/c1-2-8-17(9-3-1)16-21-19(18-10-4-5-11-20(18)23-21)13-15-25-22-12-6-7-14-24-22/h1-5,8-11,22-23H,6-7,12-16H2. The summed E-state index contributed by atoms with van der Waals surface area (Å²) in [6, 6.07) is 19.2. The quantitative estimate of drug-likeness (QED) is 0.699. The first-order chi connectivity index (χ1) is 12.4. The molecule has 1 aliphatic rings. The molecule has 130 valence electrons. The highest BCUT2D eigenvalue weighted by molar-refractivity contribution is 5.84. The third kappa shape index (κ3) is 3.94. The van der Waals surface area contributed by atoms with Crippen LogP contribution in [-0.4, -0.2) is 24.5 Å². The molecule has 1 atom stereocenters. The van der Waals surface area contributed by atoms with Crippen LogP contribution in [0.2, 0.25) is 0 Å². The minimum Gasteiger partial charge on any atom is -0.358 e. The highest BCUT2D eigenvalue weighted by Gasteiger charge is 2.16. The molecule has 0 bridgehead atoms. The highest BCUT2D eigenvalue weighted by Crippen LogP contribution is 2.25. The average Bonchev–Trinajstić information content (AvgIpc) is 3.01. The van der Waals surface area contributed by atoms with Gasteiger partial charge < -0.3 is 14.5 Å². The van der Waals surface area contributed by atoms with Crippen molar-refractivity contribution in [3.63, 3.8) is 0 Å². The maximum atomic E-state index is 5.97. The van der Waals surface area contributed by atoms with Crippen LogP contribution in [0.15, 0.2) is 54.6 Å². The summed E-state index contributed by atoms with van der Waals surface area (Å²) in [5.74, 6) is 0. The summed E-state index contributed by atoms with van der Waals surface area (Å²) in [4.78, 5) is 3.61. The number of rotatable bonds is 6. The Kier molecular flexibility index (Phi) is 5.14. The molecule has 1 fully saturated rings. The summed E-state index contributed by atoms with van der Waals surface area (Å²) in [5, 5.41) is 1.31. The van der Waals surface area contributed by atoms with Crippen LogP contribution >= 0.6 is 0 Å². The van der Waals surface area contributed by atoms with Gasteiger partial charge in [-0.05, 0) is 42.9 Å². The smallest absolute Gasteiger partial charge is 0.157 e. The normalized spacial score (nSPS) is 17.8. The molecule has 1 N–H and O–H groups in total. The molecule has 2 heterocycles. The number of fused-ring (bicyclic) bond motifs is 1. The number of nitrogens with one attached hydrogen (secondary N) is 1. The van der Waals surface area contributed by atoms with Crippen LogP contribution in [-0.2, 0) is 22.3 Å². The van der Waals surface area contributed by atoms with Gasteiger partial charge in [-0.1, -0.05) is 48.5 Å². The first-order valence-electron chi connectivity index (χ1n) is 9.26. The molecule has 2 aromatic carbocycles. The predicted molar refractivity (Wildman–Crippen MR) is 101 cm³/mol. The number of benzene rings is 2. The van der Waals surface area contributed by atoms with Gasteiger partial charge in [-0.25, -0.2) is 0 Å². The molecule has 0 aliphatic carbocycles. The van der Waals surface area contributed by atoms with Crippen molar-refractivity contribution >= 4 is 10.9 Å². The Balaban J connectivity index is 1.52. The van der Waals surface area contributed by atoms with Crippen molar-refractivity contribution in [1.82, 2.24) is 4.98 Å². The van der Waals surface area contributed by atoms with Crippen molar-refractivity contribution < 1.29 is 9.47 Å². The van der Waals surface area contributed by atoms with Crippen molar-refractivity contribution in [2.45, 2.75) is 38.4 Å². The van der Waals surface area contributed by atoms with Crippen LogP contribution in [0, 0.1) is 0 Å². The van der Waals surface area contributed by atoms with E-state index in [1.807, 2.05) is 0 Å². The van der Waals surface area contributed by atoms with Crippen molar-refractivity contribution in [2.24, 2.45) is 0 Å². The van der Waals surface area contributed by atoms with Crippen LogP contribution in [0.5, 0.6) is 0 Å². The zero-order valence-corrected chi connectivity index (χ0v) is 14.5. The van der Waals surface area contributed by atoms with Crippen LogP contribution < -0.4 is 0 Å². The van der Waals surface area contributed by atoms with E-state index >= 15 is 0 Å². The lowest BCUT2D eigenvalue weighted by Gasteiger charge is -2.22. The molecule has 0 spiro atoms. The second-order valence-corrected chi connectivity index (χ2v) is 6.71. The molecular formula is C22H25NO2. The van der Waals surface area contributed by atoms with E-state index in [2.05, 4.69) is 59.6 Å². The number of para-hydroxylation sites is 1. The van der Waals surface area contributed by atoms with Crippen molar-refractivity contribution in [1.29, 1.82) is 0 Å². The molecular weight excluding hydrogens is 310 g/mol. The van der Waals surface area contributed by atoms with E-state index in [1.165, 1.54) is 34.1 Å². The Morgan fingerprint density at radius 1 is 1.00 bits per heavy atom. The molecule has 1 unspecified atom stereocenters. The Hall–Kier alpha value is -2.10. The summed E-state index contributed by atoms with van der Waals surface area (Å²) in [7, 11) is 0. The molecule has 3 aromatic rings. The third-order valence-corrected chi connectivity index (χ3v) is 4.92. The second-order valence-electron chi connectivity index (χ2n) is 6.71. The van der Waals surface area contributed by atoms with E-state index in [0.717, 1.165) is 32.3 Å². The Bertz CT molecular complexity index is 803. The van der Waals surface area contributed by atoms with Gasteiger partial charge in [0, 0.05) is 29.6 Å². The zero-order valence-electron chi connectivity index (χ0n) is 14.5. The van der Waals surface area contributed by atoms with E-state index in [9.17, 15) is 0 Å². The van der Waals surface area contributed by atoms with Gasteiger partial charge in [0.2, 0.25) is 0 Å². The molecule has 3 nitrogen and oxygen atoms in total. The number of hydrogen-bond donors (Lipinski definition) is 1. The fourth-order valence-electron chi connectivity index (χ4n) is 3.63. The van der Waals surface area contributed by atoms with Crippen molar-refractivity contribution in [2.75, 3.05) is 13.2 Å². The first kappa shape index (κ1) is 16.4. The van der Waals surface area contributed by atoms with Crippen LogP contribution in [0.4, 0.5) is 0 Å². The minimum absolute atomic E-state index is 0.0171. The molecule has 0 amide bonds. The van der Waals surface area contributed by atoms with E-state index in [-0.39, 0.29) is 6.29 Å². The lowest BCUT2D eigenvalue weighted by atomic mass is 10.0. The first-order valence-corrected chi connectivity index (χ1v) is 9.26. The zero-order chi connectivity index (χ0) is 16.9. The number of aromatic nitrogens is 1. The average molecular weight is 335 g/mol. The third-order valence-electron chi connectivity index (χ3n) is 4.92. The van der Waals surface area contributed by atoms with E-state index < -0.39 is 0 Å². The Morgan fingerprint density at radius 3 is 2.68 bits per heavy atom. The van der Waals surface area contributed by atoms with Crippen LogP contribution in [0.1, 0.15) is 36.1 Å². The van der Waals surface area contributed by atoms with Gasteiger partial charge in [-0.15, -0.1) is 0 Å². The summed E-state index contributed by atoms with van der Waals surface area (Å²) in [5.41, 5.74) is 5.19. The van der Waals surface area contributed by atoms with Gasteiger partial charge in [0.15, 0.2) is 6.29 Å². The molecule has 1 aliphatic heterocycles. The van der Waals surface area contributed by atoms with Gasteiger partial charge >= 0.3 is 0 Å². The summed E-state index contributed by atoms with van der Waals surface area (Å²) in [6.07, 6.45) is 5.19. The molecule has 0 saturated carbocycles. The number of H-pyrrole nitrogens is 1. The lowest BCUT2D eigenvalue weighted by Crippen LogP contribution is -2.23. The van der Waals surface area contributed by atoms with Crippen molar-refractivity contribution in [3.8, 4) is 0 Å². The molecule has 1 aromatic heterocycles. The van der Waals surface area contributed by atoms with E-state index in [0.29, 0.717) is 6.61 Å². The maximum Gasteiger partial charge on any atom is 0.157 e.